The minimum Gasteiger partial charge on any atom is -0.176 e. The van der Waals surface area contributed by atoms with Crippen molar-refractivity contribution in [2.75, 3.05) is 0 Å². The van der Waals surface area contributed by atoms with Crippen molar-refractivity contribution in [3.8, 4) is 0 Å². The van der Waals surface area contributed by atoms with Crippen LogP contribution in [0.1, 0.15) is 41.5 Å². The Kier molecular flexibility index (Phi) is 5.58. The van der Waals surface area contributed by atoms with Gasteiger partial charge in [0, 0.05) is 4.57 Å². The Morgan fingerprint density at radius 2 is 0.944 bits per heavy atom. The van der Waals surface area contributed by atoms with Crippen LogP contribution in [0.3, 0.4) is 0 Å². The van der Waals surface area contributed by atoms with Crippen molar-refractivity contribution < 1.29 is 13.0 Å². The first-order chi connectivity index (χ1) is 7.60. The first-order valence-corrected chi connectivity index (χ1v) is 13.4. The van der Waals surface area contributed by atoms with Gasteiger partial charge < -0.3 is 0 Å². The van der Waals surface area contributed by atoms with Crippen LogP contribution in [0.25, 0.3) is 0 Å². The standard InChI is InChI=1S/C12H30O3PSi2/c1-11(2,3)17(7,8)14-16(13)15-18(9,10)12(4,5)6/h1-10H3/q+1. The molecule has 0 amide bonds. The lowest BCUT2D eigenvalue weighted by atomic mass is 10.2. The van der Waals surface area contributed by atoms with Crippen LogP contribution in [0.4, 0.5) is 0 Å². The first-order valence-electron chi connectivity index (χ1n) is 6.46. The van der Waals surface area contributed by atoms with Crippen LogP contribution in [0, 0.1) is 0 Å². The van der Waals surface area contributed by atoms with Crippen molar-refractivity contribution in [3.05, 3.63) is 0 Å². The smallest absolute Gasteiger partial charge is 0.176 e. The van der Waals surface area contributed by atoms with Gasteiger partial charge in [-0.2, -0.15) is 8.43 Å². The Balaban J connectivity index is 4.75. The van der Waals surface area contributed by atoms with Crippen LogP contribution in [0.2, 0.25) is 36.3 Å². The lowest BCUT2D eigenvalue weighted by molar-refractivity contribution is 0.383. The molecular weight excluding hydrogens is 279 g/mol. The molecule has 0 aliphatic heterocycles. The fourth-order valence-corrected chi connectivity index (χ4v) is 6.32. The summed E-state index contributed by atoms with van der Waals surface area (Å²) >= 11 is 0. The molecule has 0 saturated heterocycles. The summed E-state index contributed by atoms with van der Waals surface area (Å²) < 4.78 is 23.7. The molecular formula is C12H30O3PSi2+. The fraction of sp³-hybridized carbons (Fsp3) is 1.00. The summed E-state index contributed by atoms with van der Waals surface area (Å²) in [6.45, 7) is 21.2. The van der Waals surface area contributed by atoms with Crippen LogP contribution >= 0.6 is 8.25 Å². The van der Waals surface area contributed by atoms with Gasteiger partial charge in [-0.15, -0.1) is 0 Å². The lowest BCUT2D eigenvalue weighted by Gasteiger charge is -2.32. The predicted molar refractivity (Wildman–Crippen MR) is 84.2 cm³/mol. The lowest BCUT2D eigenvalue weighted by Crippen LogP contribution is -2.41. The summed E-state index contributed by atoms with van der Waals surface area (Å²) in [6.07, 6.45) is 0. The zero-order valence-electron chi connectivity index (χ0n) is 13.7. The third kappa shape index (κ3) is 4.85. The Bertz CT molecular complexity index is 284. The second-order valence-electron chi connectivity index (χ2n) is 7.93. The maximum absolute atomic E-state index is 12.1. The van der Waals surface area contributed by atoms with Gasteiger partial charge in [0.05, 0.1) is 0 Å². The van der Waals surface area contributed by atoms with E-state index in [1.807, 2.05) is 0 Å². The molecule has 0 unspecified atom stereocenters. The average molecular weight is 310 g/mol. The van der Waals surface area contributed by atoms with E-state index in [9.17, 15) is 4.57 Å². The molecule has 0 bridgehead atoms. The monoisotopic (exact) mass is 309 g/mol. The van der Waals surface area contributed by atoms with Crippen LogP contribution in [-0.2, 0) is 13.0 Å². The fourth-order valence-electron chi connectivity index (χ4n) is 0.665. The molecule has 0 heterocycles. The van der Waals surface area contributed by atoms with Gasteiger partial charge in [0.2, 0.25) is 0 Å². The van der Waals surface area contributed by atoms with Gasteiger partial charge in [0.1, 0.15) is 0 Å². The largest absolute Gasteiger partial charge is 0.673 e. The number of hydrogen-bond donors (Lipinski definition) is 0. The Morgan fingerprint density at radius 3 is 1.11 bits per heavy atom. The number of hydrogen-bond acceptors (Lipinski definition) is 3. The van der Waals surface area contributed by atoms with Crippen molar-refractivity contribution >= 4 is 24.9 Å². The second-order valence-corrected chi connectivity index (χ2v) is 18.9. The molecule has 0 aliphatic carbocycles. The van der Waals surface area contributed by atoms with Crippen LogP contribution in [0.15, 0.2) is 0 Å². The Morgan fingerprint density at radius 1 is 0.722 bits per heavy atom. The van der Waals surface area contributed by atoms with Crippen LogP contribution < -0.4 is 0 Å². The molecule has 0 fully saturated rings. The Labute approximate surface area is 116 Å². The highest BCUT2D eigenvalue weighted by Crippen LogP contribution is 2.47. The molecule has 0 spiro atoms. The maximum atomic E-state index is 12.1. The van der Waals surface area contributed by atoms with Gasteiger partial charge in [0.15, 0.2) is 0 Å². The van der Waals surface area contributed by atoms with Gasteiger partial charge in [0.25, 0.3) is 16.6 Å². The van der Waals surface area contributed by atoms with E-state index in [1.54, 1.807) is 0 Å². The van der Waals surface area contributed by atoms with Crippen molar-refractivity contribution in [1.29, 1.82) is 0 Å². The van der Waals surface area contributed by atoms with Crippen molar-refractivity contribution in [2.45, 2.75) is 77.8 Å². The van der Waals surface area contributed by atoms with Gasteiger partial charge in [-0.3, -0.25) is 0 Å². The summed E-state index contributed by atoms with van der Waals surface area (Å²) in [5.74, 6) is 0. The molecule has 0 aromatic carbocycles. The summed E-state index contributed by atoms with van der Waals surface area (Å²) in [7, 11) is -6.04. The van der Waals surface area contributed by atoms with E-state index in [4.69, 9.17) is 8.43 Å². The van der Waals surface area contributed by atoms with Gasteiger partial charge in [-0.05, 0) is 36.3 Å². The van der Waals surface area contributed by atoms with Crippen molar-refractivity contribution in [2.24, 2.45) is 0 Å². The van der Waals surface area contributed by atoms with E-state index in [1.165, 1.54) is 0 Å². The molecule has 0 atom stereocenters. The van der Waals surface area contributed by atoms with Crippen molar-refractivity contribution in [3.63, 3.8) is 0 Å². The molecule has 0 aromatic heterocycles. The molecule has 108 valence electrons. The molecule has 0 saturated carbocycles. The summed E-state index contributed by atoms with van der Waals surface area (Å²) in [6, 6.07) is 0. The van der Waals surface area contributed by atoms with Gasteiger partial charge >= 0.3 is 8.25 Å². The highest BCUT2D eigenvalue weighted by molar-refractivity contribution is 7.38. The molecule has 0 radical (unpaired) electrons. The van der Waals surface area contributed by atoms with Gasteiger partial charge in [-0.1, -0.05) is 41.5 Å². The zero-order chi connectivity index (χ0) is 15.0. The quantitative estimate of drug-likeness (QED) is 0.494. The molecule has 0 aliphatic rings. The van der Waals surface area contributed by atoms with Crippen molar-refractivity contribution in [1.82, 2.24) is 0 Å². The van der Waals surface area contributed by atoms with E-state index in [0.29, 0.717) is 0 Å². The minimum atomic E-state index is -2.01. The van der Waals surface area contributed by atoms with Gasteiger partial charge in [-0.25, -0.2) is 0 Å². The predicted octanol–water partition coefficient (Wildman–Crippen LogP) is 5.69. The van der Waals surface area contributed by atoms with E-state index in [-0.39, 0.29) is 10.1 Å². The molecule has 0 N–H and O–H groups in total. The summed E-state index contributed by atoms with van der Waals surface area (Å²) in [5, 5.41) is 0.101. The minimum absolute atomic E-state index is 0.0504. The number of rotatable bonds is 4. The van der Waals surface area contributed by atoms with Crippen LogP contribution in [-0.4, -0.2) is 16.6 Å². The Hall–Kier alpha value is 0.454. The average Bonchev–Trinajstić information content (AvgIpc) is 1.95. The van der Waals surface area contributed by atoms with E-state index in [0.717, 1.165) is 0 Å². The van der Waals surface area contributed by atoms with E-state index < -0.39 is 24.9 Å². The topological polar surface area (TPSA) is 35.5 Å². The van der Waals surface area contributed by atoms with Crippen LogP contribution in [0.5, 0.6) is 0 Å². The summed E-state index contributed by atoms with van der Waals surface area (Å²) in [4.78, 5) is 0. The highest BCUT2D eigenvalue weighted by atomic mass is 31.1. The zero-order valence-corrected chi connectivity index (χ0v) is 16.6. The highest BCUT2D eigenvalue weighted by Gasteiger charge is 2.51. The normalized spacial score (nSPS) is 14.8. The molecule has 3 nitrogen and oxygen atoms in total. The SMILES string of the molecule is CC(C)(C)[Si](C)(C)O[P+](=O)O[Si](C)(C)C(C)(C)C. The van der Waals surface area contributed by atoms with E-state index >= 15 is 0 Å². The first kappa shape index (κ1) is 18.5. The second kappa shape index (κ2) is 5.45. The third-order valence-electron chi connectivity index (χ3n) is 4.22. The summed E-state index contributed by atoms with van der Waals surface area (Å²) in [5.41, 5.74) is 0. The molecule has 18 heavy (non-hydrogen) atoms. The van der Waals surface area contributed by atoms with E-state index in [2.05, 4.69) is 67.7 Å². The molecule has 0 aromatic rings. The molecule has 6 heteroatoms. The third-order valence-corrected chi connectivity index (χ3v) is 16.3. The maximum Gasteiger partial charge on any atom is 0.673 e. The molecule has 0 rings (SSSR count).